The maximum Gasteiger partial charge on any atom is 0.0635 e. The van der Waals surface area contributed by atoms with Gasteiger partial charge in [-0.1, -0.05) is 6.92 Å². The summed E-state index contributed by atoms with van der Waals surface area (Å²) in [7, 11) is 0. The lowest BCUT2D eigenvalue weighted by Crippen LogP contribution is -2.39. The van der Waals surface area contributed by atoms with E-state index in [4.69, 9.17) is 16.3 Å². The average Bonchev–Trinajstić information content (AvgIpc) is 2.40. The molecule has 0 bridgehead atoms. The number of rotatable bonds is 11. The van der Waals surface area contributed by atoms with Gasteiger partial charge in [0.1, 0.15) is 0 Å². The smallest absolute Gasteiger partial charge is 0.0635 e. The Balaban J connectivity index is 3.73. The summed E-state index contributed by atoms with van der Waals surface area (Å²) in [4.78, 5) is 0. The van der Waals surface area contributed by atoms with E-state index in [2.05, 4.69) is 29.7 Å². The molecule has 0 amide bonds. The molecule has 0 spiro atoms. The standard InChI is InChI=1S/C13H25N5/c1-12(11-16)13(18-10-4-7-15)5-2-8-17-9-3-6-14/h12-13,17-18H,2-5,8-11,16H2,1H3. The number of nitriles is 2. The van der Waals surface area contributed by atoms with E-state index >= 15 is 0 Å². The van der Waals surface area contributed by atoms with Crippen molar-refractivity contribution in [2.45, 2.75) is 38.6 Å². The van der Waals surface area contributed by atoms with Crippen molar-refractivity contribution >= 4 is 0 Å². The summed E-state index contributed by atoms with van der Waals surface area (Å²) in [6.45, 7) is 5.21. The summed E-state index contributed by atoms with van der Waals surface area (Å²) < 4.78 is 0. The zero-order valence-electron chi connectivity index (χ0n) is 11.3. The number of hydrogen-bond acceptors (Lipinski definition) is 5. The van der Waals surface area contributed by atoms with Crippen LogP contribution >= 0.6 is 0 Å². The van der Waals surface area contributed by atoms with Gasteiger partial charge in [0.2, 0.25) is 0 Å². The SMILES string of the molecule is CC(CN)C(CCCNCCC#N)NCCC#N. The third kappa shape index (κ3) is 8.95. The Labute approximate surface area is 110 Å². The molecule has 0 fully saturated rings. The van der Waals surface area contributed by atoms with Gasteiger partial charge in [-0.25, -0.2) is 0 Å². The molecule has 0 aliphatic rings. The first-order valence-electron chi connectivity index (χ1n) is 6.64. The Morgan fingerprint density at radius 3 is 2.39 bits per heavy atom. The largest absolute Gasteiger partial charge is 0.330 e. The van der Waals surface area contributed by atoms with Crippen LogP contribution in [0.5, 0.6) is 0 Å². The molecule has 0 rings (SSSR count). The molecule has 18 heavy (non-hydrogen) atoms. The molecule has 2 atom stereocenters. The molecule has 0 saturated carbocycles. The number of nitrogens with one attached hydrogen (secondary N) is 2. The fourth-order valence-corrected chi connectivity index (χ4v) is 1.78. The second kappa shape index (κ2) is 12.3. The van der Waals surface area contributed by atoms with Gasteiger partial charge in [-0.3, -0.25) is 0 Å². The van der Waals surface area contributed by atoms with E-state index in [0.717, 1.165) is 32.5 Å². The summed E-state index contributed by atoms with van der Waals surface area (Å²) in [5, 5.41) is 23.5. The van der Waals surface area contributed by atoms with Crippen LogP contribution in [0, 0.1) is 28.6 Å². The lowest BCUT2D eigenvalue weighted by molar-refractivity contribution is 0.356. The van der Waals surface area contributed by atoms with Gasteiger partial charge < -0.3 is 16.4 Å². The highest BCUT2D eigenvalue weighted by Gasteiger charge is 2.14. The third-order valence-electron chi connectivity index (χ3n) is 2.98. The molecule has 2 unspecified atom stereocenters. The Hall–Kier alpha value is -1.14. The second-order valence-electron chi connectivity index (χ2n) is 4.48. The first-order chi connectivity index (χ1) is 8.76. The van der Waals surface area contributed by atoms with Crippen molar-refractivity contribution in [1.29, 1.82) is 10.5 Å². The maximum absolute atomic E-state index is 8.52. The highest BCUT2D eigenvalue weighted by Crippen LogP contribution is 2.08. The molecule has 0 aliphatic carbocycles. The predicted molar refractivity (Wildman–Crippen MR) is 72.6 cm³/mol. The van der Waals surface area contributed by atoms with Crippen molar-refractivity contribution in [2.75, 3.05) is 26.2 Å². The molecule has 5 heteroatoms. The molecular weight excluding hydrogens is 226 g/mol. The highest BCUT2D eigenvalue weighted by atomic mass is 14.9. The van der Waals surface area contributed by atoms with Gasteiger partial charge >= 0.3 is 0 Å². The van der Waals surface area contributed by atoms with Crippen LogP contribution in [-0.2, 0) is 0 Å². The van der Waals surface area contributed by atoms with Crippen molar-refractivity contribution in [3.63, 3.8) is 0 Å². The maximum atomic E-state index is 8.52. The fourth-order valence-electron chi connectivity index (χ4n) is 1.78. The van der Waals surface area contributed by atoms with Gasteiger partial charge in [-0.2, -0.15) is 10.5 Å². The van der Waals surface area contributed by atoms with Gasteiger partial charge in [0.15, 0.2) is 0 Å². The van der Waals surface area contributed by atoms with Crippen LogP contribution in [0.25, 0.3) is 0 Å². The van der Waals surface area contributed by atoms with Crippen molar-refractivity contribution in [3.05, 3.63) is 0 Å². The van der Waals surface area contributed by atoms with Gasteiger partial charge in [-0.15, -0.1) is 0 Å². The van der Waals surface area contributed by atoms with Crippen molar-refractivity contribution in [1.82, 2.24) is 10.6 Å². The minimum absolute atomic E-state index is 0.376. The van der Waals surface area contributed by atoms with E-state index in [1.807, 2.05) is 0 Å². The first kappa shape index (κ1) is 16.9. The molecule has 0 saturated heterocycles. The summed E-state index contributed by atoms with van der Waals surface area (Å²) in [6.07, 6.45) is 3.20. The van der Waals surface area contributed by atoms with E-state index in [1.165, 1.54) is 0 Å². The van der Waals surface area contributed by atoms with Gasteiger partial charge in [0.25, 0.3) is 0 Å². The monoisotopic (exact) mass is 251 g/mol. The van der Waals surface area contributed by atoms with Crippen LogP contribution in [0.4, 0.5) is 0 Å². The summed E-state index contributed by atoms with van der Waals surface area (Å²) in [5.74, 6) is 0.419. The third-order valence-corrected chi connectivity index (χ3v) is 2.98. The molecule has 0 heterocycles. The van der Waals surface area contributed by atoms with Crippen LogP contribution in [0.3, 0.4) is 0 Å². The number of hydrogen-bond donors (Lipinski definition) is 3. The van der Waals surface area contributed by atoms with E-state index < -0.39 is 0 Å². The quantitative estimate of drug-likeness (QED) is 0.470. The Morgan fingerprint density at radius 1 is 1.11 bits per heavy atom. The normalized spacial score (nSPS) is 13.6. The molecule has 0 aliphatic heterocycles. The van der Waals surface area contributed by atoms with Crippen LogP contribution < -0.4 is 16.4 Å². The lowest BCUT2D eigenvalue weighted by atomic mass is 9.97. The van der Waals surface area contributed by atoms with Crippen LogP contribution in [0.2, 0.25) is 0 Å². The molecule has 0 aromatic rings. The topological polar surface area (TPSA) is 97.7 Å². The zero-order chi connectivity index (χ0) is 13.6. The van der Waals surface area contributed by atoms with Crippen molar-refractivity contribution in [3.8, 4) is 12.1 Å². The zero-order valence-corrected chi connectivity index (χ0v) is 11.3. The van der Waals surface area contributed by atoms with E-state index in [0.29, 0.717) is 31.3 Å². The van der Waals surface area contributed by atoms with Crippen LogP contribution in [0.15, 0.2) is 0 Å². The van der Waals surface area contributed by atoms with Crippen LogP contribution in [0.1, 0.15) is 32.6 Å². The molecule has 0 aromatic heterocycles. The second-order valence-corrected chi connectivity index (χ2v) is 4.48. The first-order valence-corrected chi connectivity index (χ1v) is 6.64. The van der Waals surface area contributed by atoms with E-state index in [1.54, 1.807) is 0 Å². The predicted octanol–water partition coefficient (Wildman–Crippen LogP) is 0.737. The Morgan fingerprint density at radius 2 is 1.78 bits per heavy atom. The minimum atomic E-state index is 0.376. The minimum Gasteiger partial charge on any atom is -0.330 e. The molecule has 102 valence electrons. The van der Waals surface area contributed by atoms with Gasteiger partial charge in [0, 0.05) is 32.0 Å². The Kier molecular flexibility index (Phi) is 11.5. The molecule has 0 radical (unpaired) electrons. The summed E-state index contributed by atoms with van der Waals surface area (Å²) in [5.41, 5.74) is 5.69. The van der Waals surface area contributed by atoms with E-state index in [9.17, 15) is 0 Å². The average molecular weight is 251 g/mol. The van der Waals surface area contributed by atoms with Gasteiger partial charge in [-0.05, 0) is 31.8 Å². The summed E-state index contributed by atoms with van der Waals surface area (Å²) >= 11 is 0. The summed E-state index contributed by atoms with van der Waals surface area (Å²) in [6, 6.07) is 4.62. The van der Waals surface area contributed by atoms with E-state index in [-0.39, 0.29) is 0 Å². The van der Waals surface area contributed by atoms with Crippen molar-refractivity contribution < 1.29 is 0 Å². The number of nitrogens with zero attached hydrogens (tertiary/aromatic N) is 2. The highest BCUT2D eigenvalue weighted by molar-refractivity contribution is 4.78. The fraction of sp³-hybridized carbons (Fsp3) is 0.846. The lowest BCUT2D eigenvalue weighted by Gasteiger charge is -2.24. The Bertz CT molecular complexity index is 266. The van der Waals surface area contributed by atoms with Crippen LogP contribution in [-0.4, -0.2) is 32.2 Å². The van der Waals surface area contributed by atoms with Gasteiger partial charge in [0.05, 0.1) is 12.1 Å². The number of nitrogens with two attached hydrogens (primary N) is 1. The van der Waals surface area contributed by atoms with Crippen molar-refractivity contribution in [2.24, 2.45) is 11.7 Å². The molecular formula is C13H25N5. The molecule has 5 nitrogen and oxygen atoms in total. The molecule has 4 N–H and O–H groups in total. The molecule has 0 aromatic carbocycles.